The van der Waals surface area contributed by atoms with Gasteiger partial charge in [-0.25, -0.2) is 13.2 Å². The van der Waals surface area contributed by atoms with Gasteiger partial charge in [0.1, 0.15) is 5.75 Å². The monoisotopic (exact) mass is 344 g/mol. The molecular formula is C13H13ClN2O5S. The Morgan fingerprint density at radius 2 is 2.14 bits per heavy atom. The van der Waals surface area contributed by atoms with Gasteiger partial charge in [0.15, 0.2) is 15.7 Å². The first-order valence-electron chi connectivity index (χ1n) is 6.32. The van der Waals surface area contributed by atoms with Gasteiger partial charge in [0.2, 0.25) is 0 Å². The van der Waals surface area contributed by atoms with Crippen LogP contribution in [0.25, 0.3) is 0 Å². The highest BCUT2D eigenvalue weighted by molar-refractivity contribution is 7.90. The molecule has 0 aliphatic heterocycles. The fourth-order valence-electron chi connectivity index (χ4n) is 1.84. The van der Waals surface area contributed by atoms with Crippen LogP contribution in [0.15, 0.2) is 27.6 Å². The second-order valence-corrected chi connectivity index (χ2v) is 6.71. The predicted molar refractivity (Wildman–Crippen MR) is 77.3 cm³/mol. The predicted octanol–water partition coefficient (Wildman–Crippen LogP) is 2.18. The van der Waals surface area contributed by atoms with E-state index >= 15 is 0 Å². The van der Waals surface area contributed by atoms with Crippen molar-refractivity contribution in [2.75, 3.05) is 6.61 Å². The van der Waals surface area contributed by atoms with E-state index in [1.807, 2.05) is 0 Å². The Kier molecular flexibility index (Phi) is 4.82. The summed E-state index contributed by atoms with van der Waals surface area (Å²) in [6.07, 6.45) is 0. The third-order valence-corrected chi connectivity index (χ3v) is 4.94. The normalized spacial score (nSPS) is 11.4. The van der Waals surface area contributed by atoms with Crippen molar-refractivity contribution in [3.63, 3.8) is 0 Å². The van der Waals surface area contributed by atoms with Gasteiger partial charge in [0.05, 0.1) is 16.5 Å². The van der Waals surface area contributed by atoms with Crippen LogP contribution in [0.2, 0.25) is 5.02 Å². The molecule has 1 heterocycles. The maximum Gasteiger partial charge on any atom is 0.397 e. The number of nitrogens with zero attached hydrogens (tertiary/aromatic N) is 2. The Morgan fingerprint density at radius 3 is 2.77 bits per heavy atom. The zero-order chi connectivity index (χ0) is 16.3. The van der Waals surface area contributed by atoms with E-state index in [9.17, 15) is 13.2 Å². The van der Waals surface area contributed by atoms with Crippen LogP contribution in [0.4, 0.5) is 0 Å². The highest BCUT2D eigenvalue weighted by atomic mass is 35.5. The summed E-state index contributed by atoms with van der Waals surface area (Å²) in [4.78, 5) is 15.2. The van der Waals surface area contributed by atoms with E-state index in [-0.39, 0.29) is 28.2 Å². The minimum Gasteiger partial charge on any atom is -0.459 e. The van der Waals surface area contributed by atoms with Crippen molar-refractivity contribution in [2.45, 2.75) is 24.5 Å². The van der Waals surface area contributed by atoms with Crippen molar-refractivity contribution in [1.29, 1.82) is 0 Å². The van der Waals surface area contributed by atoms with Gasteiger partial charge in [-0.1, -0.05) is 28.9 Å². The largest absolute Gasteiger partial charge is 0.459 e. The first-order valence-corrected chi connectivity index (χ1v) is 8.35. The minimum atomic E-state index is -3.77. The summed E-state index contributed by atoms with van der Waals surface area (Å²) in [5, 5.41) is 3.60. The average Bonchev–Trinajstić information content (AvgIpc) is 2.86. The van der Waals surface area contributed by atoms with E-state index < -0.39 is 21.6 Å². The fourth-order valence-corrected chi connectivity index (χ4v) is 3.94. The van der Waals surface area contributed by atoms with E-state index in [1.54, 1.807) is 26.0 Å². The third kappa shape index (κ3) is 3.45. The highest BCUT2D eigenvalue weighted by Crippen LogP contribution is 2.27. The second kappa shape index (κ2) is 6.45. The number of carbonyl (C=O) groups excluding carboxylic acids is 1. The molecule has 0 spiro atoms. The highest BCUT2D eigenvalue weighted by Gasteiger charge is 2.25. The molecule has 7 nitrogen and oxygen atoms in total. The number of rotatable bonds is 5. The minimum absolute atomic E-state index is 0.0131. The van der Waals surface area contributed by atoms with Gasteiger partial charge in [-0.3, -0.25) is 0 Å². The molecule has 0 radical (unpaired) electrons. The van der Waals surface area contributed by atoms with Gasteiger partial charge in [-0.15, -0.1) is 0 Å². The van der Waals surface area contributed by atoms with Gasteiger partial charge in [0, 0.05) is 0 Å². The molecule has 0 saturated heterocycles. The lowest BCUT2D eigenvalue weighted by Crippen LogP contribution is -2.09. The molecule has 1 aromatic carbocycles. The maximum atomic E-state index is 12.4. The summed E-state index contributed by atoms with van der Waals surface area (Å²) in [5.41, 5.74) is 0.515. The van der Waals surface area contributed by atoms with Crippen molar-refractivity contribution in [3.8, 4) is 0 Å². The van der Waals surface area contributed by atoms with E-state index in [0.717, 1.165) is 0 Å². The van der Waals surface area contributed by atoms with Gasteiger partial charge in [0.25, 0.3) is 0 Å². The molecule has 0 aliphatic carbocycles. The second-order valence-electron chi connectivity index (χ2n) is 4.38. The number of carbonyl (C=O) groups is 1. The van der Waals surface area contributed by atoms with Crippen LogP contribution in [-0.4, -0.2) is 31.1 Å². The number of hydrogen-bond acceptors (Lipinski definition) is 7. The van der Waals surface area contributed by atoms with Crippen LogP contribution in [0.5, 0.6) is 0 Å². The Balaban J connectivity index is 2.28. The number of aryl methyl sites for hydroxylation is 1. The Morgan fingerprint density at radius 1 is 1.41 bits per heavy atom. The maximum absolute atomic E-state index is 12.4. The topological polar surface area (TPSA) is 99.4 Å². The standard InChI is InChI=1S/C13H13ClN2O5S/c1-3-20-13(17)12-15-10(16-21-12)7-22(18,19)11-8(2)5-4-6-9(11)14/h4-6H,3,7H2,1-2H3. The zero-order valence-corrected chi connectivity index (χ0v) is 13.4. The number of sulfone groups is 1. The molecular weight excluding hydrogens is 332 g/mol. The smallest absolute Gasteiger partial charge is 0.397 e. The van der Waals surface area contributed by atoms with Crippen LogP contribution in [0.1, 0.15) is 29.0 Å². The Labute approximate surface area is 132 Å². The number of hydrogen-bond donors (Lipinski definition) is 0. The average molecular weight is 345 g/mol. The van der Waals surface area contributed by atoms with E-state index in [2.05, 4.69) is 19.4 Å². The summed E-state index contributed by atoms with van der Waals surface area (Å²) in [6.45, 7) is 3.41. The van der Waals surface area contributed by atoms with Gasteiger partial charge in [-0.2, -0.15) is 4.98 Å². The quantitative estimate of drug-likeness (QED) is 0.766. The van der Waals surface area contributed by atoms with Gasteiger partial charge in [-0.05, 0) is 25.5 Å². The Bertz CT molecular complexity index is 780. The summed E-state index contributed by atoms with van der Waals surface area (Å²) >= 11 is 5.96. The van der Waals surface area contributed by atoms with E-state index in [1.165, 1.54) is 6.07 Å². The van der Waals surface area contributed by atoms with Crippen LogP contribution in [0, 0.1) is 6.92 Å². The molecule has 0 atom stereocenters. The number of esters is 1. The van der Waals surface area contributed by atoms with Crippen molar-refractivity contribution in [2.24, 2.45) is 0 Å². The molecule has 0 unspecified atom stereocenters. The number of halogens is 1. The molecule has 1 aromatic heterocycles. The lowest BCUT2D eigenvalue weighted by atomic mass is 10.2. The first kappa shape index (κ1) is 16.4. The molecule has 0 saturated carbocycles. The summed E-state index contributed by atoms with van der Waals surface area (Å²) in [7, 11) is -3.77. The van der Waals surface area contributed by atoms with E-state index in [4.69, 9.17) is 11.6 Å². The lowest BCUT2D eigenvalue weighted by molar-refractivity contribution is 0.0470. The third-order valence-electron chi connectivity index (χ3n) is 2.71. The molecule has 2 rings (SSSR count). The number of benzene rings is 1. The molecule has 2 aromatic rings. The molecule has 9 heteroatoms. The van der Waals surface area contributed by atoms with Crippen LogP contribution in [0.3, 0.4) is 0 Å². The van der Waals surface area contributed by atoms with Crippen molar-refractivity contribution in [1.82, 2.24) is 10.1 Å². The lowest BCUT2D eigenvalue weighted by Gasteiger charge is -2.07. The van der Waals surface area contributed by atoms with E-state index in [0.29, 0.717) is 5.56 Å². The zero-order valence-electron chi connectivity index (χ0n) is 11.9. The van der Waals surface area contributed by atoms with Crippen LogP contribution in [-0.2, 0) is 20.3 Å². The molecule has 0 aliphatic rings. The van der Waals surface area contributed by atoms with Crippen LogP contribution >= 0.6 is 11.6 Å². The molecule has 0 N–H and O–H groups in total. The van der Waals surface area contributed by atoms with Crippen molar-refractivity contribution >= 4 is 27.4 Å². The summed E-state index contributed by atoms with van der Waals surface area (Å²) < 4.78 is 34.2. The first-order chi connectivity index (χ1) is 10.3. The molecule has 22 heavy (non-hydrogen) atoms. The summed E-state index contributed by atoms with van der Waals surface area (Å²) in [6, 6.07) is 4.78. The van der Waals surface area contributed by atoms with Crippen LogP contribution < -0.4 is 0 Å². The van der Waals surface area contributed by atoms with Crippen molar-refractivity contribution in [3.05, 3.63) is 40.5 Å². The number of aromatic nitrogens is 2. The molecule has 118 valence electrons. The molecule has 0 amide bonds. The molecule has 0 fully saturated rings. The fraction of sp³-hybridized carbons (Fsp3) is 0.308. The SMILES string of the molecule is CCOC(=O)c1nc(CS(=O)(=O)c2c(C)cccc2Cl)no1. The van der Waals surface area contributed by atoms with Gasteiger partial charge >= 0.3 is 11.9 Å². The van der Waals surface area contributed by atoms with Gasteiger partial charge < -0.3 is 9.26 Å². The Hall–Kier alpha value is -1.93. The summed E-state index contributed by atoms with van der Waals surface area (Å²) in [5.74, 6) is -1.85. The number of ether oxygens (including phenoxy) is 1. The van der Waals surface area contributed by atoms with Crippen molar-refractivity contribution < 1.29 is 22.5 Å². The molecule has 0 bridgehead atoms.